The first kappa shape index (κ1) is 21.1. The average Bonchev–Trinajstić information content (AvgIpc) is 2.60. The van der Waals surface area contributed by atoms with E-state index in [4.69, 9.17) is 9.47 Å². The molecule has 28 heavy (non-hydrogen) atoms. The highest BCUT2D eigenvalue weighted by molar-refractivity contribution is 5.96. The summed E-state index contributed by atoms with van der Waals surface area (Å²) in [5.74, 6) is -2.43. The number of aromatic carboxylic acids is 1. The number of aryl methyl sites for hydroxylation is 2. The van der Waals surface area contributed by atoms with E-state index >= 15 is 0 Å². The van der Waals surface area contributed by atoms with Gasteiger partial charge in [0.2, 0.25) is 0 Å². The van der Waals surface area contributed by atoms with Gasteiger partial charge in [0.1, 0.15) is 34.1 Å². The van der Waals surface area contributed by atoms with Crippen LogP contribution in [-0.4, -0.2) is 34.4 Å². The molecule has 0 radical (unpaired) electrons. The van der Waals surface area contributed by atoms with Crippen molar-refractivity contribution in [3.63, 3.8) is 0 Å². The average molecular weight is 388 g/mol. The second-order valence-corrected chi connectivity index (χ2v) is 6.47. The van der Waals surface area contributed by atoms with Crippen molar-refractivity contribution >= 4 is 11.9 Å². The SMILES string of the molecule is CCCCCc1cc(OC(=O)c2c(C)cc(OC)cc2O)cc(O)c1C(=O)O. The number of unbranched alkanes of at least 4 members (excludes halogenated alkanes) is 2. The molecule has 0 heterocycles. The summed E-state index contributed by atoms with van der Waals surface area (Å²) in [5, 5.41) is 29.6. The van der Waals surface area contributed by atoms with E-state index in [1.54, 1.807) is 13.0 Å². The molecule has 0 saturated carbocycles. The van der Waals surface area contributed by atoms with Crippen molar-refractivity contribution < 1.29 is 34.4 Å². The Morgan fingerprint density at radius 2 is 1.61 bits per heavy atom. The fourth-order valence-corrected chi connectivity index (χ4v) is 3.00. The van der Waals surface area contributed by atoms with E-state index < -0.39 is 17.7 Å². The summed E-state index contributed by atoms with van der Waals surface area (Å²) in [6, 6.07) is 5.40. The summed E-state index contributed by atoms with van der Waals surface area (Å²) < 4.78 is 10.3. The molecule has 0 spiro atoms. The number of phenolic OH excluding ortho intramolecular Hbond substituents is 1. The lowest BCUT2D eigenvalue weighted by Gasteiger charge is -2.13. The highest BCUT2D eigenvalue weighted by Crippen LogP contribution is 2.32. The number of carboxylic acids is 1. The highest BCUT2D eigenvalue weighted by Gasteiger charge is 2.21. The van der Waals surface area contributed by atoms with Crippen LogP contribution in [0.1, 0.15) is 58.0 Å². The maximum Gasteiger partial charge on any atom is 0.347 e. The molecule has 0 aromatic heterocycles. The van der Waals surface area contributed by atoms with E-state index in [9.17, 15) is 24.9 Å². The van der Waals surface area contributed by atoms with Crippen molar-refractivity contribution in [3.8, 4) is 23.0 Å². The number of hydrogen-bond acceptors (Lipinski definition) is 6. The Kier molecular flexibility index (Phi) is 6.87. The number of esters is 1. The first-order valence-electron chi connectivity index (χ1n) is 8.97. The summed E-state index contributed by atoms with van der Waals surface area (Å²) in [5.41, 5.74) is 0.616. The van der Waals surface area contributed by atoms with Gasteiger partial charge in [-0.15, -0.1) is 0 Å². The largest absolute Gasteiger partial charge is 0.507 e. The number of aromatic hydroxyl groups is 2. The van der Waals surface area contributed by atoms with Gasteiger partial charge in [-0.1, -0.05) is 19.8 Å². The van der Waals surface area contributed by atoms with Crippen LogP contribution in [-0.2, 0) is 6.42 Å². The Labute approximate surface area is 163 Å². The summed E-state index contributed by atoms with van der Waals surface area (Å²) in [7, 11) is 1.44. The van der Waals surface area contributed by atoms with Crippen LogP contribution in [0.5, 0.6) is 23.0 Å². The van der Waals surface area contributed by atoms with Crippen LogP contribution in [0.4, 0.5) is 0 Å². The summed E-state index contributed by atoms with van der Waals surface area (Å²) >= 11 is 0. The Bertz CT molecular complexity index is 864. The molecule has 0 atom stereocenters. The van der Waals surface area contributed by atoms with Gasteiger partial charge >= 0.3 is 11.9 Å². The summed E-state index contributed by atoms with van der Waals surface area (Å²) in [6.07, 6.45) is 3.04. The van der Waals surface area contributed by atoms with Crippen LogP contribution in [0.2, 0.25) is 0 Å². The number of benzene rings is 2. The summed E-state index contributed by atoms with van der Waals surface area (Å²) in [6.45, 7) is 3.65. The molecule has 7 heteroatoms. The number of phenols is 2. The summed E-state index contributed by atoms with van der Waals surface area (Å²) in [4.78, 5) is 24.0. The second kappa shape index (κ2) is 9.12. The monoisotopic (exact) mass is 388 g/mol. The van der Waals surface area contributed by atoms with Crippen molar-refractivity contribution in [1.29, 1.82) is 0 Å². The number of methoxy groups -OCH3 is 1. The normalized spacial score (nSPS) is 10.5. The van der Waals surface area contributed by atoms with E-state index in [0.717, 1.165) is 25.3 Å². The molecule has 0 fully saturated rings. The Hall–Kier alpha value is -3.22. The van der Waals surface area contributed by atoms with Gasteiger partial charge in [0, 0.05) is 12.1 Å². The first-order chi connectivity index (χ1) is 13.3. The van der Waals surface area contributed by atoms with Gasteiger partial charge in [0.15, 0.2) is 0 Å². The van der Waals surface area contributed by atoms with Crippen LogP contribution in [0.3, 0.4) is 0 Å². The lowest BCUT2D eigenvalue weighted by Crippen LogP contribution is -2.12. The van der Waals surface area contributed by atoms with E-state index in [2.05, 4.69) is 0 Å². The van der Waals surface area contributed by atoms with Gasteiger partial charge < -0.3 is 24.8 Å². The quantitative estimate of drug-likeness (QED) is 0.355. The molecule has 0 aliphatic carbocycles. The smallest absolute Gasteiger partial charge is 0.347 e. The van der Waals surface area contributed by atoms with Crippen molar-refractivity contribution in [1.82, 2.24) is 0 Å². The molecule has 3 N–H and O–H groups in total. The molecular formula is C21H24O7. The van der Waals surface area contributed by atoms with Crippen LogP contribution in [0, 0.1) is 6.92 Å². The third-order valence-corrected chi connectivity index (χ3v) is 4.37. The fourth-order valence-electron chi connectivity index (χ4n) is 3.00. The topological polar surface area (TPSA) is 113 Å². The van der Waals surface area contributed by atoms with E-state index in [-0.39, 0.29) is 22.6 Å². The molecule has 150 valence electrons. The number of carboxylic acid groups (broad SMARTS) is 1. The predicted molar refractivity (Wildman–Crippen MR) is 103 cm³/mol. The third kappa shape index (κ3) is 4.73. The first-order valence-corrected chi connectivity index (χ1v) is 8.97. The number of carbonyl (C=O) groups is 2. The molecule has 0 aliphatic heterocycles. The third-order valence-electron chi connectivity index (χ3n) is 4.37. The van der Waals surface area contributed by atoms with Crippen LogP contribution < -0.4 is 9.47 Å². The molecule has 0 bridgehead atoms. The van der Waals surface area contributed by atoms with E-state index in [1.807, 2.05) is 6.92 Å². The van der Waals surface area contributed by atoms with Crippen molar-refractivity contribution in [3.05, 3.63) is 46.5 Å². The Morgan fingerprint density at radius 1 is 0.964 bits per heavy atom. The Morgan fingerprint density at radius 3 is 2.18 bits per heavy atom. The number of rotatable bonds is 8. The van der Waals surface area contributed by atoms with Crippen molar-refractivity contribution in [2.75, 3.05) is 7.11 Å². The minimum Gasteiger partial charge on any atom is -0.507 e. The molecule has 0 saturated heterocycles. The van der Waals surface area contributed by atoms with Crippen molar-refractivity contribution in [2.24, 2.45) is 0 Å². The van der Waals surface area contributed by atoms with Gasteiger partial charge in [-0.25, -0.2) is 9.59 Å². The number of ether oxygens (including phenoxy) is 2. The molecule has 0 aliphatic rings. The minimum absolute atomic E-state index is 0.00798. The van der Waals surface area contributed by atoms with Crippen LogP contribution in [0.25, 0.3) is 0 Å². The highest BCUT2D eigenvalue weighted by atomic mass is 16.5. The predicted octanol–water partition coefficient (Wildman–Crippen LogP) is 4.06. The van der Waals surface area contributed by atoms with Crippen molar-refractivity contribution in [2.45, 2.75) is 39.5 Å². The lowest BCUT2D eigenvalue weighted by molar-refractivity contribution is 0.0692. The molecule has 7 nitrogen and oxygen atoms in total. The zero-order chi connectivity index (χ0) is 20.8. The Balaban J connectivity index is 2.35. The molecule has 0 unspecified atom stereocenters. The maximum atomic E-state index is 12.5. The number of hydrogen-bond donors (Lipinski definition) is 3. The van der Waals surface area contributed by atoms with Crippen LogP contribution >= 0.6 is 0 Å². The van der Waals surface area contributed by atoms with Gasteiger partial charge in [-0.05, 0) is 43.0 Å². The molecular weight excluding hydrogens is 364 g/mol. The zero-order valence-electron chi connectivity index (χ0n) is 16.1. The van der Waals surface area contributed by atoms with Gasteiger partial charge in [-0.3, -0.25) is 0 Å². The number of carbonyl (C=O) groups excluding carboxylic acids is 1. The minimum atomic E-state index is -1.24. The molecule has 2 aromatic rings. The zero-order valence-corrected chi connectivity index (χ0v) is 16.1. The maximum absolute atomic E-state index is 12.5. The fraction of sp³-hybridized carbons (Fsp3) is 0.333. The van der Waals surface area contributed by atoms with Gasteiger partial charge in [0.25, 0.3) is 0 Å². The molecule has 0 amide bonds. The molecule has 2 rings (SSSR count). The standard InChI is InChI=1S/C21H24O7/c1-4-5-6-7-13-9-15(11-17(23)19(13)20(24)25)28-21(26)18-12(2)8-14(27-3)10-16(18)22/h8-11,22-23H,4-7H2,1-3H3,(H,24,25). The van der Waals surface area contributed by atoms with E-state index in [0.29, 0.717) is 23.3 Å². The lowest BCUT2D eigenvalue weighted by atomic mass is 10.00. The van der Waals surface area contributed by atoms with Crippen LogP contribution in [0.15, 0.2) is 24.3 Å². The van der Waals surface area contributed by atoms with E-state index in [1.165, 1.54) is 19.2 Å². The van der Waals surface area contributed by atoms with Gasteiger partial charge in [0.05, 0.1) is 7.11 Å². The van der Waals surface area contributed by atoms with Gasteiger partial charge in [-0.2, -0.15) is 0 Å². The molecule has 2 aromatic carbocycles. The second-order valence-electron chi connectivity index (χ2n) is 6.47.